The Hall–Kier alpha value is -1.35. The van der Waals surface area contributed by atoms with Crippen LogP contribution in [0.15, 0.2) is 36.5 Å². The zero-order chi connectivity index (χ0) is 10.7. The molecular weight excluding hydrogens is 204 g/mol. The number of nitrogens with one attached hydrogen (secondary N) is 1. The van der Waals surface area contributed by atoms with E-state index in [0.717, 1.165) is 10.8 Å². The lowest BCUT2D eigenvalue weighted by atomic mass is 10.2. The van der Waals surface area contributed by atoms with E-state index in [2.05, 4.69) is 24.1 Å². The van der Waals surface area contributed by atoms with Gasteiger partial charge in [-0.2, -0.15) is 0 Å². The lowest BCUT2D eigenvalue weighted by Gasteiger charge is -2.01. The second-order valence-electron chi connectivity index (χ2n) is 3.71. The Balaban J connectivity index is 2.12. The molecule has 1 heterocycles. The van der Waals surface area contributed by atoms with Gasteiger partial charge in [0.1, 0.15) is 0 Å². The molecule has 0 saturated carbocycles. The minimum Gasteiger partial charge on any atom is -0.332 e. The molecule has 0 atom stereocenters. The first kappa shape index (κ1) is 10.2. The fraction of sp³-hybridized carbons (Fsp3) is 0.250. The summed E-state index contributed by atoms with van der Waals surface area (Å²) < 4.78 is 0. The van der Waals surface area contributed by atoms with E-state index in [4.69, 9.17) is 0 Å². The average molecular weight is 218 g/mol. The summed E-state index contributed by atoms with van der Waals surface area (Å²) in [6.07, 6.45) is 1.95. The number of rotatable bonds is 3. The molecule has 0 amide bonds. The van der Waals surface area contributed by atoms with Gasteiger partial charge in [0.2, 0.25) is 0 Å². The smallest absolute Gasteiger partial charge is 0.187 e. The Kier molecular flexibility index (Phi) is 3.02. The molecule has 2 nitrogen and oxygen atoms in total. The number of nitrogens with zero attached hydrogens (tertiary/aromatic N) is 1. The second-order valence-corrected chi connectivity index (χ2v) is 4.78. The third-order valence-corrected chi connectivity index (χ3v) is 3.33. The van der Waals surface area contributed by atoms with Gasteiger partial charge in [-0.25, -0.2) is 4.98 Å². The largest absolute Gasteiger partial charge is 0.332 e. The van der Waals surface area contributed by atoms with Gasteiger partial charge in [-0.15, -0.1) is 11.3 Å². The van der Waals surface area contributed by atoms with Crippen LogP contribution in [-0.2, 0) is 0 Å². The zero-order valence-electron chi connectivity index (χ0n) is 8.90. The highest BCUT2D eigenvalue weighted by Crippen LogP contribution is 2.27. The van der Waals surface area contributed by atoms with E-state index in [0.29, 0.717) is 5.92 Å². The van der Waals surface area contributed by atoms with Crippen molar-refractivity contribution in [2.45, 2.75) is 19.8 Å². The van der Waals surface area contributed by atoms with E-state index in [9.17, 15) is 0 Å². The van der Waals surface area contributed by atoms with Gasteiger partial charge >= 0.3 is 0 Å². The van der Waals surface area contributed by atoms with Crippen LogP contribution < -0.4 is 5.32 Å². The van der Waals surface area contributed by atoms with Crippen molar-refractivity contribution in [2.24, 2.45) is 0 Å². The molecule has 2 rings (SSSR count). The monoisotopic (exact) mass is 218 g/mol. The summed E-state index contributed by atoms with van der Waals surface area (Å²) in [4.78, 5) is 5.65. The SMILES string of the molecule is CC(C)c1cnc(Nc2ccccc2)s1. The molecule has 0 bridgehead atoms. The van der Waals surface area contributed by atoms with Gasteiger partial charge in [0.15, 0.2) is 5.13 Å². The van der Waals surface area contributed by atoms with Gasteiger partial charge in [0.05, 0.1) is 0 Å². The summed E-state index contributed by atoms with van der Waals surface area (Å²) in [6.45, 7) is 4.36. The summed E-state index contributed by atoms with van der Waals surface area (Å²) in [5.41, 5.74) is 1.09. The quantitative estimate of drug-likeness (QED) is 0.842. The molecule has 0 saturated heterocycles. The molecule has 0 aliphatic heterocycles. The fourth-order valence-corrected chi connectivity index (χ4v) is 2.09. The molecule has 2 aromatic rings. The fourth-order valence-electron chi connectivity index (χ4n) is 1.26. The Morgan fingerprint density at radius 1 is 1.20 bits per heavy atom. The zero-order valence-corrected chi connectivity index (χ0v) is 9.71. The molecule has 1 aromatic heterocycles. The van der Waals surface area contributed by atoms with E-state index < -0.39 is 0 Å². The van der Waals surface area contributed by atoms with E-state index in [1.165, 1.54) is 4.88 Å². The topological polar surface area (TPSA) is 24.9 Å². The van der Waals surface area contributed by atoms with Gasteiger partial charge in [-0.05, 0) is 18.1 Å². The van der Waals surface area contributed by atoms with Crippen LogP contribution >= 0.6 is 11.3 Å². The van der Waals surface area contributed by atoms with Gasteiger partial charge < -0.3 is 5.32 Å². The standard InChI is InChI=1S/C12H14N2S/c1-9(2)11-8-13-12(15-11)14-10-6-4-3-5-7-10/h3-9H,1-2H3,(H,13,14). The van der Waals surface area contributed by atoms with Crippen molar-refractivity contribution in [3.05, 3.63) is 41.4 Å². The Morgan fingerprint density at radius 3 is 2.53 bits per heavy atom. The van der Waals surface area contributed by atoms with Crippen LogP contribution in [0.25, 0.3) is 0 Å². The molecule has 0 fully saturated rings. The molecule has 0 aliphatic rings. The average Bonchev–Trinajstić information content (AvgIpc) is 2.68. The van der Waals surface area contributed by atoms with Crippen LogP contribution in [0.3, 0.4) is 0 Å². The van der Waals surface area contributed by atoms with Crippen molar-refractivity contribution in [2.75, 3.05) is 5.32 Å². The van der Waals surface area contributed by atoms with Crippen LogP contribution in [0.5, 0.6) is 0 Å². The highest BCUT2D eigenvalue weighted by Gasteiger charge is 2.04. The minimum absolute atomic E-state index is 0.550. The number of thiazole rings is 1. The van der Waals surface area contributed by atoms with Gasteiger partial charge in [-0.1, -0.05) is 32.0 Å². The van der Waals surface area contributed by atoms with Crippen molar-refractivity contribution in [3.8, 4) is 0 Å². The van der Waals surface area contributed by atoms with Crippen molar-refractivity contribution in [1.82, 2.24) is 4.98 Å². The molecule has 0 radical (unpaired) electrons. The second kappa shape index (κ2) is 4.45. The van der Waals surface area contributed by atoms with Crippen LogP contribution in [0.1, 0.15) is 24.6 Å². The molecule has 78 valence electrons. The van der Waals surface area contributed by atoms with E-state index in [-0.39, 0.29) is 0 Å². The number of para-hydroxylation sites is 1. The first-order valence-corrected chi connectivity index (χ1v) is 5.85. The predicted molar refractivity (Wildman–Crippen MR) is 65.9 cm³/mol. The third kappa shape index (κ3) is 2.57. The number of anilines is 2. The first-order valence-electron chi connectivity index (χ1n) is 5.03. The maximum Gasteiger partial charge on any atom is 0.187 e. The Labute approximate surface area is 94.0 Å². The van der Waals surface area contributed by atoms with Gasteiger partial charge in [-0.3, -0.25) is 0 Å². The van der Waals surface area contributed by atoms with E-state index in [1.807, 2.05) is 36.5 Å². The number of benzene rings is 1. The van der Waals surface area contributed by atoms with Crippen LogP contribution in [-0.4, -0.2) is 4.98 Å². The van der Waals surface area contributed by atoms with Crippen LogP contribution in [0, 0.1) is 0 Å². The number of hydrogen-bond donors (Lipinski definition) is 1. The van der Waals surface area contributed by atoms with Crippen molar-refractivity contribution in [3.63, 3.8) is 0 Å². The highest BCUT2D eigenvalue weighted by molar-refractivity contribution is 7.15. The number of hydrogen-bond acceptors (Lipinski definition) is 3. The summed E-state index contributed by atoms with van der Waals surface area (Å²) in [7, 11) is 0. The molecule has 0 aliphatic carbocycles. The summed E-state index contributed by atoms with van der Waals surface area (Å²) in [5, 5.41) is 4.25. The molecule has 1 N–H and O–H groups in total. The summed E-state index contributed by atoms with van der Waals surface area (Å²) >= 11 is 1.71. The van der Waals surface area contributed by atoms with Crippen LogP contribution in [0.4, 0.5) is 10.8 Å². The van der Waals surface area contributed by atoms with Gasteiger partial charge in [0.25, 0.3) is 0 Å². The Bertz CT molecular complexity index is 420. The minimum atomic E-state index is 0.550. The number of aromatic nitrogens is 1. The molecule has 15 heavy (non-hydrogen) atoms. The molecular formula is C12H14N2S. The maximum absolute atomic E-state index is 4.34. The lowest BCUT2D eigenvalue weighted by molar-refractivity contribution is 0.885. The molecule has 0 unspecified atom stereocenters. The van der Waals surface area contributed by atoms with Crippen molar-refractivity contribution >= 4 is 22.2 Å². The van der Waals surface area contributed by atoms with E-state index in [1.54, 1.807) is 11.3 Å². The summed E-state index contributed by atoms with van der Waals surface area (Å²) in [5.74, 6) is 0.550. The van der Waals surface area contributed by atoms with Gasteiger partial charge in [0, 0.05) is 16.8 Å². The third-order valence-electron chi connectivity index (χ3n) is 2.12. The maximum atomic E-state index is 4.34. The van der Waals surface area contributed by atoms with Crippen molar-refractivity contribution < 1.29 is 0 Å². The molecule has 1 aromatic carbocycles. The van der Waals surface area contributed by atoms with Crippen molar-refractivity contribution in [1.29, 1.82) is 0 Å². The Morgan fingerprint density at radius 2 is 1.93 bits per heavy atom. The lowest BCUT2D eigenvalue weighted by Crippen LogP contribution is -1.87. The molecule has 3 heteroatoms. The normalized spacial score (nSPS) is 10.6. The van der Waals surface area contributed by atoms with Crippen LogP contribution in [0.2, 0.25) is 0 Å². The molecule has 0 spiro atoms. The van der Waals surface area contributed by atoms with E-state index >= 15 is 0 Å². The first-order chi connectivity index (χ1) is 7.25. The summed E-state index contributed by atoms with van der Waals surface area (Å²) in [6, 6.07) is 10.1. The highest BCUT2D eigenvalue weighted by atomic mass is 32.1. The predicted octanol–water partition coefficient (Wildman–Crippen LogP) is 4.01.